The Kier molecular flexibility index (Phi) is 7.03. The van der Waals surface area contributed by atoms with Gasteiger partial charge in [0.25, 0.3) is 0 Å². The number of hydrogen-bond acceptors (Lipinski definition) is 3. The molecule has 1 rings (SSSR count). The Labute approximate surface area is 133 Å². The van der Waals surface area contributed by atoms with Gasteiger partial charge in [-0.05, 0) is 57.9 Å². The van der Waals surface area contributed by atoms with Gasteiger partial charge in [0.2, 0.25) is 10.0 Å². The first kappa shape index (κ1) is 18.1. The second-order valence-corrected chi connectivity index (χ2v) is 7.13. The van der Waals surface area contributed by atoms with Crippen molar-refractivity contribution in [3.8, 4) is 6.07 Å². The summed E-state index contributed by atoms with van der Waals surface area (Å²) in [6.45, 7) is 6.38. The predicted octanol–water partition coefficient (Wildman–Crippen LogP) is 3.53. The van der Waals surface area contributed by atoms with Gasteiger partial charge >= 0.3 is 0 Å². The van der Waals surface area contributed by atoms with Gasteiger partial charge < -0.3 is 0 Å². The van der Waals surface area contributed by atoms with Crippen LogP contribution in [0.25, 0.3) is 0 Å². The maximum absolute atomic E-state index is 12.1. The van der Waals surface area contributed by atoms with Gasteiger partial charge in [0.15, 0.2) is 0 Å². The molecule has 0 bridgehead atoms. The van der Waals surface area contributed by atoms with Crippen molar-refractivity contribution in [1.29, 1.82) is 5.26 Å². The summed E-state index contributed by atoms with van der Waals surface area (Å²) in [5.41, 5.74) is 2.88. The molecule has 0 aliphatic carbocycles. The van der Waals surface area contributed by atoms with Crippen LogP contribution in [0.3, 0.4) is 0 Å². The molecule has 22 heavy (non-hydrogen) atoms. The Morgan fingerprint density at radius 1 is 1.18 bits per heavy atom. The minimum absolute atomic E-state index is 0.169. The molecule has 0 spiro atoms. The first-order valence-corrected chi connectivity index (χ1v) is 8.62. The van der Waals surface area contributed by atoms with E-state index in [2.05, 4.69) is 24.6 Å². The zero-order chi connectivity index (χ0) is 16.6. The Hall–Kier alpha value is -1.90. The highest BCUT2D eigenvalue weighted by Crippen LogP contribution is 2.10. The number of nitrogens with zero attached hydrogens (tertiary/aromatic N) is 1. The smallest absolute Gasteiger partial charge is 0.207 e. The molecule has 1 aromatic rings. The summed E-state index contributed by atoms with van der Waals surface area (Å²) < 4.78 is 26.7. The van der Waals surface area contributed by atoms with E-state index in [1.165, 1.54) is 29.8 Å². The van der Waals surface area contributed by atoms with Crippen molar-refractivity contribution in [3.63, 3.8) is 0 Å². The second-order valence-electron chi connectivity index (χ2n) is 5.36. The third kappa shape index (κ3) is 6.25. The van der Waals surface area contributed by atoms with E-state index in [9.17, 15) is 8.42 Å². The van der Waals surface area contributed by atoms with Gasteiger partial charge in [-0.1, -0.05) is 23.3 Å². The normalized spacial score (nSPS) is 11.8. The van der Waals surface area contributed by atoms with Crippen molar-refractivity contribution >= 4 is 10.0 Å². The van der Waals surface area contributed by atoms with Gasteiger partial charge in [0.05, 0.1) is 16.5 Å². The highest BCUT2D eigenvalue weighted by molar-refractivity contribution is 7.89. The molecule has 0 amide bonds. The molecule has 5 heteroatoms. The molecule has 0 aromatic heterocycles. The predicted molar refractivity (Wildman–Crippen MR) is 88.8 cm³/mol. The van der Waals surface area contributed by atoms with Crippen molar-refractivity contribution in [1.82, 2.24) is 4.72 Å². The number of nitrogens with one attached hydrogen (secondary N) is 1. The lowest BCUT2D eigenvalue weighted by Gasteiger charge is -2.05. The fourth-order valence-electron chi connectivity index (χ4n) is 1.81. The fraction of sp³-hybridized carbons (Fsp3) is 0.353. The van der Waals surface area contributed by atoms with Gasteiger partial charge in [-0.15, -0.1) is 0 Å². The van der Waals surface area contributed by atoms with Crippen molar-refractivity contribution in [2.75, 3.05) is 6.54 Å². The molecule has 0 saturated carbocycles. The molecule has 0 aliphatic rings. The standard InChI is InChI=1S/C17H22N2O2S/c1-14(2)5-4-6-15(3)11-12-19-22(20,21)17-9-7-16(13-18)8-10-17/h5,7-11,19H,4,6,12H2,1-3H3/b15-11+. The molecule has 1 aromatic carbocycles. The largest absolute Gasteiger partial charge is 0.240 e. The van der Waals surface area contributed by atoms with Gasteiger partial charge in [-0.25, -0.2) is 13.1 Å². The minimum atomic E-state index is -3.53. The van der Waals surface area contributed by atoms with Crippen LogP contribution in [0.5, 0.6) is 0 Å². The SMILES string of the molecule is CC(C)=CCC/C(C)=C/CNS(=O)(=O)c1ccc(C#N)cc1. The van der Waals surface area contributed by atoms with E-state index in [0.29, 0.717) is 5.56 Å². The van der Waals surface area contributed by atoms with Crippen molar-refractivity contribution in [2.45, 2.75) is 38.5 Å². The Bertz CT molecular complexity index is 689. The number of hydrogen-bond donors (Lipinski definition) is 1. The molecule has 0 aliphatic heterocycles. The average Bonchev–Trinajstić information content (AvgIpc) is 2.46. The van der Waals surface area contributed by atoms with Crippen molar-refractivity contribution < 1.29 is 8.42 Å². The molecule has 0 unspecified atom stereocenters. The first-order chi connectivity index (χ1) is 10.3. The number of benzene rings is 1. The number of rotatable bonds is 7. The molecule has 1 N–H and O–H groups in total. The van der Waals surface area contributed by atoms with Gasteiger partial charge in [0, 0.05) is 6.54 Å². The third-order valence-corrected chi connectivity index (χ3v) is 4.55. The molecular weight excluding hydrogens is 296 g/mol. The summed E-state index contributed by atoms with van der Waals surface area (Å²) in [5.74, 6) is 0. The number of allylic oxidation sites excluding steroid dienone is 3. The zero-order valence-electron chi connectivity index (χ0n) is 13.3. The van der Waals surface area contributed by atoms with E-state index in [1.807, 2.05) is 19.1 Å². The van der Waals surface area contributed by atoms with E-state index < -0.39 is 10.0 Å². The quantitative estimate of drug-likeness (QED) is 0.782. The van der Waals surface area contributed by atoms with Crippen LogP contribution in [-0.2, 0) is 10.0 Å². The monoisotopic (exact) mass is 318 g/mol. The van der Waals surface area contributed by atoms with Crippen LogP contribution in [-0.4, -0.2) is 15.0 Å². The van der Waals surface area contributed by atoms with Crippen LogP contribution in [0.2, 0.25) is 0 Å². The lowest BCUT2D eigenvalue weighted by Crippen LogP contribution is -2.23. The topological polar surface area (TPSA) is 70.0 Å². The van der Waals surface area contributed by atoms with E-state index in [4.69, 9.17) is 5.26 Å². The molecule has 4 nitrogen and oxygen atoms in total. The highest BCUT2D eigenvalue weighted by atomic mass is 32.2. The molecule has 0 heterocycles. The first-order valence-electron chi connectivity index (χ1n) is 7.14. The maximum Gasteiger partial charge on any atom is 0.240 e. The summed E-state index contributed by atoms with van der Waals surface area (Å²) in [4.78, 5) is 0.169. The van der Waals surface area contributed by atoms with Gasteiger partial charge in [0.1, 0.15) is 0 Å². The Morgan fingerprint density at radius 3 is 2.36 bits per heavy atom. The molecule has 118 valence electrons. The van der Waals surface area contributed by atoms with E-state index in [1.54, 1.807) is 0 Å². The van der Waals surface area contributed by atoms with Crippen molar-refractivity contribution in [3.05, 3.63) is 53.1 Å². The zero-order valence-corrected chi connectivity index (χ0v) is 14.1. The van der Waals surface area contributed by atoms with Gasteiger partial charge in [-0.3, -0.25) is 0 Å². The Morgan fingerprint density at radius 2 is 1.82 bits per heavy atom. The van der Waals surface area contributed by atoms with Crippen LogP contribution in [0.15, 0.2) is 52.5 Å². The summed E-state index contributed by atoms with van der Waals surface area (Å²) >= 11 is 0. The maximum atomic E-state index is 12.1. The third-order valence-electron chi connectivity index (χ3n) is 3.11. The lowest BCUT2D eigenvalue weighted by atomic mass is 10.1. The molecular formula is C17H22N2O2S. The van der Waals surface area contributed by atoms with E-state index in [0.717, 1.165) is 18.4 Å². The van der Waals surface area contributed by atoms with Crippen LogP contribution in [0.1, 0.15) is 39.2 Å². The Balaban J connectivity index is 2.58. The summed E-state index contributed by atoms with van der Waals surface area (Å²) in [7, 11) is -3.53. The van der Waals surface area contributed by atoms with Crippen LogP contribution in [0.4, 0.5) is 0 Å². The summed E-state index contributed by atoms with van der Waals surface area (Å²) in [6.07, 6.45) is 5.94. The minimum Gasteiger partial charge on any atom is -0.207 e. The van der Waals surface area contributed by atoms with E-state index >= 15 is 0 Å². The molecule has 0 fully saturated rings. The molecule has 0 radical (unpaired) electrons. The summed E-state index contributed by atoms with van der Waals surface area (Å²) in [5, 5.41) is 8.71. The van der Waals surface area contributed by atoms with Crippen molar-refractivity contribution in [2.24, 2.45) is 0 Å². The number of sulfonamides is 1. The average molecular weight is 318 g/mol. The van der Waals surface area contributed by atoms with Crippen LogP contribution >= 0.6 is 0 Å². The number of nitriles is 1. The molecule has 0 saturated heterocycles. The van der Waals surface area contributed by atoms with Crippen LogP contribution in [0, 0.1) is 11.3 Å². The summed E-state index contributed by atoms with van der Waals surface area (Å²) in [6, 6.07) is 7.83. The van der Waals surface area contributed by atoms with Crippen LogP contribution < -0.4 is 4.72 Å². The highest BCUT2D eigenvalue weighted by Gasteiger charge is 2.12. The second kappa shape index (κ2) is 8.52. The van der Waals surface area contributed by atoms with Gasteiger partial charge in [-0.2, -0.15) is 5.26 Å². The molecule has 0 atom stereocenters. The van der Waals surface area contributed by atoms with E-state index in [-0.39, 0.29) is 11.4 Å². The lowest BCUT2D eigenvalue weighted by molar-refractivity contribution is 0.585. The fourth-order valence-corrected chi connectivity index (χ4v) is 2.77.